The molecule has 82 valence electrons. The predicted octanol–water partition coefficient (Wildman–Crippen LogP) is 0.836. The van der Waals surface area contributed by atoms with Gasteiger partial charge < -0.3 is 10.5 Å². The fraction of sp³-hybridized carbons (Fsp3) is 1.00. The first-order chi connectivity index (χ1) is 6.76. The van der Waals surface area contributed by atoms with Gasteiger partial charge in [-0.05, 0) is 32.7 Å². The highest BCUT2D eigenvalue weighted by molar-refractivity contribution is 4.90. The summed E-state index contributed by atoms with van der Waals surface area (Å²) in [6.45, 7) is 7.27. The molecule has 2 fully saturated rings. The second-order valence-corrected chi connectivity index (χ2v) is 4.97. The Morgan fingerprint density at radius 2 is 2.43 bits per heavy atom. The minimum atomic E-state index is 0.262. The predicted molar refractivity (Wildman–Crippen MR) is 57.2 cm³/mol. The number of hydrogen-bond acceptors (Lipinski definition) is 3. The Bertz CT molecular complexity index is 190. The van der Waals surface area contributed by atoms with Gasteiger partial charge >= 0.3 is 0 Å². The quantitative estimate of drug-likeness (QED) is 0.730. The number of rotatable bonds is 3. The van der Waals surface area contributed by atoms with Crippen molar-refractivity contribution >= 4 is 0 Å². The van der Waals surface area contributed by atoms with Crippen molar-refractivity contribution in [3.05, 3.63) is 0 Å². The summed E-state index contributed by atoms with van der Waals surface area (Å²) in [7, 11) is 0. The molecule has 2 rings (SSSR count). The summed E-state index contributed by atoms with van der Waals surface area (Å²) < 4.78 is 5.49. The van der Waals surface area contributed by atoms with Gasteiger partial charge in [0.15, 0.2) is 0 Å². The van der Waals surface area contributed by atoms with E-state index in [0.717, 1.165) is 38.8 Å². The Hall–Kier alpha value is -0.120. The normalized spacial score (nSPS) is 39.4. The zero-order valence-corrected chi connectivity index (χ0v) is 9.17. The van der Waals surface area contributed by atoms with Gasteiger partial charge in [0.1, 0.15) is 0 Å². The third-order valence-corrected chi connectivity index (χ3v) is 3.85. The van der Waals surface area contributed by atoms with Gasteiger partial charge in [-0.3, -0.25) is 4.90 Å². The average Bonchev–Trinajstić information content (AvgIpc) is 2.79. The molecule has 2 heterocycles. The van der Waals surface area contributed by atoms with Gasteiger partial charge in [-0.15, -0.1) is 0 Å². The second-order valence-electron chi connectivity index (χ2n) is 4.97. The Kier molecular flexibility index (Phi) is 3.10. The first kappa shape index (κ1) is 10.4. The molecule has 0 aliphatic carbocycles. The van der Waals surface area contributed by atoms with Gasteiger partial charge in [-0.1, -0.05) is 0 Å². The summed E-state index contributed by atoms with van der Waals surface area (Å²) >= 11 is 0. The molecule has 0 bridgehead atoms. The van der Waals surface area contributed by atoms with Crippen molar-refractivity contribution in [3.63, 3.8) is 0 Å². The molecule has 0 spiro atoms. The maximum Gasteiger partial charge on any atom is 0.0547 e. The Balaban J connectivity index is 1.93. The van der Waals surface area contributed by atoms with Crippen LogP contribution in [-0.2, 0) is 4.74 Å². The highest BCUT2D eigenvalue weighted by atomic mass is 16.5. The van der Waals surface area contributed by atoms with E-state index in [0.29, 0.717) is 0 Å². The number of likely N-dealkylation sites (tertiary alicyclic amines) is 1. The first-order valence-corrected chi connectivity index (χ1v) is 5.78. The smallest absolute Gasteiger partial charge is 0.0547 e. The number of hydrogen-bond donors (Lipinski definition) is 1. The van der Waals surface area contributed by atoms with Gasteiger partial charge in [0.05, 0.1) is 6.61 Å². The van der Waals surface area contributed by atoms with Gasteiger partial charge in [-0.25, -0.2) is 0 Å². The van der Waals surface area contributed by atoms with Crippen molar-refractivity contribution in [2.75, 3.05) is 32.8 Å². The maximum absolute atomic E-state index is 5.89. The number of nitrogens with two attached hydrogens (primary N) is 1. The zero-order valence-electron chi connectivity index (χ0n) is 9.17. The van der Waals surface area contributed by atoms with Crippen LogP contribution in [0.25, 0.3) is 0 Å². The highest BCUT2D eigenvalue weighted by Gasteiger charge is 2.37. The molecular weight excluding hydrogens is 176 g/mol. The van der Waals surface area contributed by atoms with Crippen LogP contribution in [0.5, 0.6) is 0 Å². The monoisotopic (exact) mass is 198 g/mol. The fourth-order valence-corrected chi connectivity index (χ4v) is 2.66. The van der Waals surface area contributed by atoms with Crippen LogP contribution in [0.3, 0.4) is 0 Å². The highest BCUT2D eigenvalue weighted by Crippen LogP contribution is 2.31. The molecule has 14 heavy (non-hydrogen) atoms. The summed E-state index contributed by atoms with van der Waals surface area (Å²) in [6.07, 6.45) is 3.84. The number of nitrogens with zero attached hydrogens (tertiary/aromatic N) is 1. The average molecular weight is 198 g/mol. The second kappa shape index (κ2) is 4.17. The third-order valence-electron chi connectivity index (χ3n) is 3.85. The van der Waals surface area contributed by atoms with E-state index in [1.807, 2.05) is 0 Å². The molecule has 0 radical (unpaired) electrons. The lowest BCUT2D eigenvalue weighted by atomic mass is 9.86. The van der Waals surface area contributed by atoms with E-state index in [9.17, 15) is 0 Å². The van der Waals surface area contributed by atoms with Crippen LogP contribution in [0.4, 0.5) is 0 Å². The lowest BCUT2D eigenvalue weighted by Crippen LogP contribution is -2.44. The van der Waals surface area contributed by atoms with Crippen LogP contribution in [0, 0.1) is 5.41 Å². The molecule has 0 aromatic carbocycles. The van der Waals surface area contributed by atoms with Crippen LogP contribution in [-0.4, -0.2) is 43.8 Å². The summed E-state index contributed by atoms with van der Waals surface area (Å²) in [5, 5.41) is 0. The molecular formula is C11H22N2O. The van der Waals surface area contributed by atoms with Gasteiger partial charge in [-0.2, -0.15) is 0 Å². The summed E-state index contributed by atoms with van der Waals surface area (Å²) in [5.41, 5.74) is 6.15. The molecule has 3 nitrogen and oxygen atoms in total. The minimum absolute atomic E-state index is 0.262. The van der Waals surface area contributed by atoms with E-state index in [-0.39, 0.29) is 5.41 Å². The Morgan fingerprint density at radius 3 is 2.93 bits per heavy atom. The van der Waals surface area contributed by atoms with Crippen LogP contribution in [0.15, 0.2) is 0 Å². The first-order valence-electron chi connectivity index (χ1n) is 5.78. The van der Waals surface area contributed by atoms with Crippen molar-refractivity contribution < 1.29 is 4.74 Å². The maximum atomic E-state index is 5.89. The van der Waals surface area contributed by atoms with E-state index in [2.05, 4.69) is 11.8 Å². The van der Waals surface area contributed by atoms with E-state index in [1.54, 1.807) is 0 Å². The van der Waals surface area contributed by atoms with Gasteiger partial charge in [0.2, 0.25) is 0 Å². The molecule has 2 saturated heterocycles. The molecule has 0 aromatic heterocycles. The van der Waals surface area contributed by atoms with Crippen molar-refractivity contribution in [2.24, 2.45) is 11.1 Å². The minimum Gasteiger partial charge on any atom is -0.381 e. The summed E-state index contributed by atoms with van der Waals surface area (Å²) in [6, 6.07) is 0.749. The van der Waals surface area contributed by atoms with E-state index < -0.39 is 0 Å². The van der Waals surface area contributed by atoms with E-state index >= 15 is 0 Å². The van der Waals surface area contributed by atoms with Crippen molar-refractivity contribution in [2.45, 2.75) is 32.2 Å². The van der Waals surface area contributed by atoms with Gasteiger partial charge in [0.25, 0.3) is 0 Å². The molecule has 2 N–H and O–H groups in total. The van der Waals surface area contributed by atoms with Crippen LogP contribution in [0.2, 0.25) is 0 Å². The molecule has 0 saturated carbocycles. The molecule has 0 amide bonds. The SMILES string of the molecule is CC1CCCN1CC1(CN)CCOC1. The number of ether oxygens (including phenoxy) is 1. The van der Waals surface area contributed by atoms with Crippen molar-refractivity contribution in [1.82, 2.24) is 4.90 Å². The summed E-state index contributed by atoms with van der Waals surface area (Å²) in [4.78, 5) is 2.58. The van der Waals surface area contributed by atoms with Crippen LogP contribution >= 0.6 is 0 Å². The third kappa shape index (κ3) is 1.95. The van der Waals surface area contributed by atoms with Crippen molar-refractivity contribution in [3.8, 4) is 0 Å². The van der Waals surface area contributed by atoms with E-state index in [1.165, 1.54) is 19.4 Å². The Morgan fingerprint density at radius 1 is 1.57 bits per heavy atom. The van der Waals surface area contributed by atoms with Crippen LogP contribution < -0.4 is 5.73 Å². The molecule has 0 aromatic rings. The molecule has 2 aliphatic rings. The largest absolute Gasteiger partial charge is 0.381 e. The zero-order chi connectivity index (χ0) is 10.0. The standard InChI is InChI=1S/C11H22N2O/c1-10-3-2-5-13(10)8-11(7-12)4-6-14-9-11/h10H,2-9,12H2,1H3. The van der Waals surface area contributed by atoms with Crippen LogP contribution in [0.1, 0.15) is 26.2 Å². The lowest BCUT2D eigenvalue weighted by molar-refractivity contribution is 0.112. The van der Waals surface area contributed by atoms with Crippen molar-refractivity contribution in [1.29, 1.82) is 0 Å². The molecule has 2 aliphatic heterocycles. The topological polar surface area (TPSA) is 38.5 Å². The Labute approximate surface area is 86.6 Å². The lowest BCUT2D eigenvalue weighted by Gasteiger charge is -2.33. The molecule has 3 heteroatoms. The molecule has 2 unspecified atom stereocenters. The fourth-order valence-electron chi connectivity index (χ4n) is 2.66. The van der Waals surface area contributed by atoms with E-state index in [4.69, 9.17) is 10.5 Å². The van der Waals surface area contributed by atoms with Gasteiger partial charge in [0, 0.05) is 31.2 Å². The summed E-state index contributed by atoms with van der Waals surface area (Å²) in [5.74, 6) is 0. The molecule has 2 atom stereocenters.